The number of ether oxygens (including phenoxy) is 6. The Hall–Kier alpha value is -1.99. The van der Waals surface area contributed by atoms with Crippen molar-refractivity contribution in [3.63, 3.8) is 0 Å². The molecule has 0 aliphatic carbocycles. The average molecular weight is 1240 g/mol. The van der Waals surface area contributed by atoms with E-state index < -0.39 is 124 Å². The number of hydrogen-bond donors (Lipinski definition) is 12. The second-order valence-corrected chi connectivity index (χ2v) is 25.0. The van der Waals surface area contributed by atoms with Gasteiger partial charge in [-0.15, -0.1) is 0 Å². The van der Waals surface area contributed by atoms with Crippen molar-refractivity contribution in [2.45, 2.75) is 362 Å². The summed E-state index contributed by atoms with van der Waals surface area (Å²) >= 11 is 0. The summed E-state index contributed by atoms with van der Waals surface area (Å²) in [5, 5.41) is 120. The van der Waals surface area contributed by atoms with E-state index in [0.717, 1.165) is 44.9 Å². The van der Waals surface area contributed by atoms with Crippen LogP contribution in [0.15, 0.2) is 36.5 Å². The first kappa shape index (κ1) is 79.2. The smallest absolute Gasteiger partial charge is 0.220 e. The van der Waals surface area contributed by atoms with Gasteiger partial charge in [0.2, 0.25) is 5.91 Å². The van der Waals surface area contributed by atoms with E-state index in [-0.39, 0.29) is 18.9 Å². The molecule has 3 rings (SSSR count). The van der Waals surface area contributed by atoms with Gasteiger partial charge in [0.1, 0.15) is 73.2 Å². The van der Waals surface area contributed by atoms with Crippen LogP contribution in [0, 0.1) is 0 Å². The molecule has 3 aliphatic heterocycles. The van der Waals surface area contributed by atoms with Gasteiger partial charge in [-0.1, -0.05) is 243 Å². The highest BCUT2D eigenvalue weighted by atomic mass is 16.8. The molecule has 0 aromatic rings. The van der Waals surface area contributed by atoms with Gasteiger partial charge in [-0.2, -0.15) is 0 Å². The second-order valence-electron chi connectivity index (χ2n) is 25.0. The zero-order chi connectivity index (χ0) is 63.3. The van der Waals surface area contributed by atoms with Crippen molar-refractivity contribution in [2.24, 2.45) is 0 Å². The van der Waals surface area contributed by atoms with Crippen LogP contribution in [-0.2, 0) is 33.2 Å². The minimum Gasteiger partial charge on any atom is -0.394 e. The van der Waals surface area contributed by atoms with E-state index in [1.54, 1.807) is 6.08 Å². The van der Waals surface area contributed by atoms with Crippen LogP contribution in [0.2, 0.25) is 0 Å². The Kier molecular flexibility index (Phi) is 46.0. The largest absolute Gasteiger partial charge is 0.394 e. The van der Waals surface area contributed by atoms with Crippen molar-refractivity contribution < 1.29 is 89.4 Å². The summed E-state index contributed by atoms with van der Waals surface area (Å²) in [5.74, 6) is -0.286. The van der Waals surface area contributed by atoms with Crippen molar-refractivity contribution in [1.82, 2.24) is 5.32 Å². The Morgan fingerprint density at radius 2 is 0.736 bits per heavy atom. The van der Waals surface area contributed by atoms with Crippen LogP contribution in [-0.4, -0.2) is 193 Å². The lowest BCUT2D eigenvalue weighted by molar-refractivity contribution is -0.379. The third-order valence-corrected chi connectivity index (χ3v) is 17.4. The maximum atomic E-state index is 13.4. The van der Waals surface area contributed by atoms with Crippen LogP contribution in [0.3, 0.4) is 0 Å². The molecule has 0 saturated carbocycles. The molecule has 0 radical (unpaired) electrons. The number of unbranched alkanes of at least 4 members (excludes halogenated alkanes) is 33. The topological polar surface area (TPSA) is 307 Å². The summed E-state index contributed by atoms with van der Waals surface area (Å²) in [7, 11) is 0. The summed E-state index contributed by atoms with van der Waals surface area (Å²) in [4.78, 5) is 13.4. The van der Waals surface area contributed by atoms with Gasteiger partial charge in [-0.3, -0.25) is 4.79 Å². The third kappa shape index (κ3) is 32.9. The fourth-order valence-electron chi connectivity index (χ4n) is 11.8. The van der Waals surface area contributed by atoms with Crippen molar-refractivity contribution in [3.8, 4) is 0 Å². The Morgan fingerprint density at radius 3 is 1.15 bits per heavy atom. The Morgan fingerprint density at radius 1 is 0.402 bits per heavy atom. The lowest BCUT2D eigenvalue weighted by Gasteiger charge is -2.48. The predicted octanol–water partition coefficient (Wildman–Crippen LogP) is 8.83. The summed E-state index contributed by atoms with van der Waals surface area (Å²) in [5.41, 5.74) is 0. The molecule has 3 aliphatic rings. The molecule has 0 aromatic carbocycles. The van der Waals surface area contributed by atoms with Crippen molar-refractivity contribution >= 4 is 5.91 Å². The van der Waals surface area contributed by atoms with Crippen LogP contribution < -0.4 is 5.32 Å². The predicted molar refractivity (Wildman–Crippen MR) is 337 cm³/mol. The monoisotopic (exact) mass is 1240 g/mol. The summed E-state index contributed by atoms with van der Waals surface area (Å²) in [6.07, 6.45) is 31.2. The van der Waals surface area contributed by atoms with Crippen LogP contribution >= 0.6 is 0 Å². The highest BCUT2D eigenvalue weighted by Crippen LogP contribution is 2.33. The van der Waals surface area contributed by atoms with Crippen LogP contribution in [0.25, 0.3) is 0 Å². The molecule has 17 unspecified atom stereocenters. The number of nitrogens with one attached hydrogen (secondary N) is 1. The van der Waals surface area contributed by atoms with Gasteiger partial charge in [0, 0.05) is 6.42 Å². The highest BCUT2D eigenvalue weighted by Gasteiger charge is 2.53. The van der Waals surface area contributed by atoms with Gasteiger partial charge in [-0.25, -0.2) is 0 Å². The number of hydrogen-bond acceptors (Lipinski definition) is 18. The van der Waals surface area contributed by atoms with Gasteiger partial charge < -0.3 is 89.9 Å². The van der Waals surface area contributed by atoms with Crippen molar-refractivity contribution in [3.05, 3.63) is 36.5 Å². The Balaban J connectivity index is 1.46. The van der Waals surface area contributed by atoms with E-state index in [1.807, 2.05) is 6.08 Å². The molecule has 0 bridgehead atoms. The summed E-state index contributed by atoms with van der Waals surface area (Å²) in [6, 6.07) is -0.994. The molecule has 17 atom stereocenters. The SMILES string of the molecule is CCCCCCCCCCCCCCCC/C=C/CC/C=C/CC/C=C/C(O)C(COC1OC(CO)C(OC2OC(CO)C(OC3OC(CO)C(O)C(O)C3O)C(O)C2O)C(O)C1O)NC(=O)CCCCCCCCCCCCCCCCCCCC. The molecular weight excluding hydrogens is 1120 g/mol. The third-order valence-electron chi connectivity index (χ3n) is 17.4. The summed E-state index contributed by atoms with van der Waals surface area (Å²) in [6.45, 7) is 1.73. The van der Waals surface area contributed by atoms with Gasteiger partial charge in [0.05, 0.1) is 38.6 Å². The molecule has 87 heavy (non-hydrogen) atoms. The molecule has 3 saturated heterocycles. The molecule has 3 heterocycles. The van der Waals surface area contributed by atoms with Crippen LogP contribution in [0.4, 0.5) is 0 Å². The minimum absolute atomic E-state index is 0.236. The number of aliphatic hydroxyl groups is 11. The summed E-state index contributed by atoms with van der Waals surface area (Å²) < 4.78 is 34.3. The Bertz CT molecular complexity index is 1720. The highest BCUT2D eigenvalue weighted by molar-refractivity contribution is 5.76. The van der Waals surface area contributed by atoms with Gasteiger partial charge in [0.15, 0.2) is 18.9 Å². The quantitative estimate of drug-likeness (QED) is 0.0200. The zero-order valence-corrected chi connectivity index (χ0v) is 53.8. The lowest BCUT2D eigenvalue weighted by atomic mass is 9.96. The van der Waals surface area contributed by atoms with E-state index in [0.29, 0.717) is 12.8 Å². The fourth-order valence-corrected chi connectivity index (χ4v) is 11.8. The Labute approximate surface area is 523 Å². The molecule has 19 nitrogen and oxygen atoms in total. The molecule has 3 fully saturated rings. The van der Waals surface area contributed by atoms with Crippen LogP contribution in [0.1, 0.15) is 258 Å². The first-order valence-corrected chi connectivity index (χ1v) is 34.7. The standard InChI is InChI=1S/C68H125NO18/c1-3-5-7-9-11-13-15-17-19-21-23-24-25-26-27-28-29-31-33-35-37-39-41-43-45-52(73)51(69-56(74)46-44-42-40-38-36-34-32-30-22-20-18-16-14-12-10-8-6-4-2)50-82-66-62(80)59(77)64(54(48-71)84-66)87-68-63(81)60(78)65(55(49-72)85-68)86-67-61(79)58(76)57(75)53(47-70)83-67/h28-29,35,37,43,45,51-55,57-68,70-73,75-81H,3-27,30-34,36,38-42,44,46-50H2,1-2H3,(H,69,74)/b29-28+,37-35+,45-43+. The molecule has 19 heteroatoms. The van der Waals surface area contributed by atoms with E-state index >= 15 is 0 Å². The zero-order valence-electron chi connectivity index (χ0n) is 53.8. The first-order valence-electron chi connectivity index (χ1n) is 34.7. The number of allylic oxidation sites excluding steroid dienone is 5. The average Bonchev–Trinajstić information content (AvgIpc) is 2.88. The molecular formula is C68H125NO18. The number of carbonyl (C=O) groups is 1. The fraction of sp³-hybridized carbons (Fsp3) is 0.897. The number of amides is 1. The molecule has 0 spiro atoms. The van der Waals surface area contributed by atoms with E-state index in [2.05, 4.69) is 43.5 Å². The first-order chi connectivity index (χ1) is 42.3. The van der Waals surface area contributed by atoms with E-state index in [4.69, 9.17) is 28.4 Å². The number of carbonyl (C=O) groups excluding carboxylic acids is 1. The van der Waals surface area contributed by atoms with E-state index in [9.17, 15) is 61.0 Å². The molecule has 1 amide bonds. The maximum Gasteiger partial charge on any atom is 0.220 e. The maximum absolute atomic E-state index is 13.4. The van der Waals surface area contributed by atoms with Gasteiger partial charge in [-0.05, 0) is 44.9 Å². The molecule has 510 valence electrons. The minimum atomic E-state index is -1.98. The molecule has 0 aromatic heterocycles. The number of rotatable bonds is 53. The second kappa shape index (κ2) is 50.6. The molecule has 12 N–H and O–H groups in total. The lowest BCUT2D eigenvalue weighted by Crippen LogP contribution is -2.66. The van der Waals surface area contributed by atoms with Gasteiger partial charge >= 0.3 is 0 Å². The van der Waals surface area contributed by atoms with Crippen molar-refractivity contribution in [1.29, 1.82) is 0 Å². The van der Waals surface area contributed by atoms with E-state index in [1.165, 1.54) is 180 Å². The number of aliphatic hydroxyl groups excluding tert-OH is 11. The van der Waals surface area contributed by atoms with Crippen molar-refractivity contribution in [2.75, 3.05) is 26.4 Å². The van der Waals surface area contributed by atoms with Crippen LogP contribution in [0.5, 0.6) is 0 Å². The van der Waals surface area contributed by atoms with Gasteiger partial charge in [0.25, 0.3) is 0 Å². The normalized spacial score (nSPS) is 28.8.